The van der Waals surface area contributed by atoms with Crippen molar-refractivity contribution in [3.8, 4) is 0 Å². The first-order chi connectivity index (χ1) is 7.87. The van der Waals surface area contributed by atoms with Gasteiger partial charge in [-0.2, -0.15) is 0 Å². The van der Waals surface area contributed by atoms with Gasteiger partial charge in [0.15, 0.2) is 0 Å². The molecule has 2 rings (SSSR count). The molecule has 1 aliphatic carbocycles. The van der Waals surface area contributed by atoms with Gasteiger partial charge in [0.1, 0.15) is 0 Å². The Morgan fingerprint density at radius 1 is 1.24 bits per heavy atom. The van der Waals surface area contributed by atoms with Gasteiger partial charge >= 0.3 is 5.97 Å². The number of hydrogen-bond donors (Lipinski definition) is 1. The summed E-state index contributed by atoms with van der Waals surface area (Å²) in [6.07, 6.45) is 3.25. The summed E-state index contributed by atoms with van der Waals surface area (Å²) in [4.78, 5) is 25.3. The highest BCUT2D eigenvalue weighted by molar-refractivity contribution is 5.91. The van der Waals surface area contributed by atoms with E-state index in [4.69, 9.17) is 5.11 Å². The van der Waals surface area contributed by atoms with Crippen LogP contribution >= 0.6 is 0 Å². The Balaban J connectivity index is 2.08. The molecule has 2 aliphatic rings. The highest BCUT2D eigenvalue weighted by atomic mass is 16.4. The van der Waals surface area contributed by atoms with E-state index in [1.54, 1.807) is 0 Å². The van der Waals surface area contributed by atoms with Gasteiger partial charge in [-0.25, -0.2) is 0 Å². The molecule has 1 N–H and O–H groups in total. The van der Waals surface area contributed by atoms with Gasteiger partial charge in [0, 0.05) is 12.6 Å². The van der Waals surface area contributed by atoms with Crippen LogP contribution in [0.15, 0.2) is 0 Å². The van der Waals surface area contributed by atoms with Gasteiger partial charge in [0.05, 0.1) is 11.8 Å². The molecule has 0 radical (unpaired) electrons. The number of hydrogen-bond acceptors (Lipinski definition) is 2. The first-order valence-corrected chi connectivity index (χ1v) is 6.40. The average molecular weight is 239 g/mol. The van der Waals surface area contributed by atoms with E-state index in [2.05, 4.69) is 6.92 Å². The number of carboxylic acids is 1. The zero-order valence-corrected chi connectivity index (χ0v) is 10.8. The second-order valence-electron chi connectivity index (χ2n) is 5.99. The van der Waals surface area contributed by atoms with Crippen molar-refractivity contribution in [2.75, 3.05) is 6.54 Å². The van der Waals surface area contributed by atoms with E-state index in [9.17, 15) is 9.59 Å². The Hall–Kier alpha value is -1.06. The Kier molecular flexibility index (Phi) is 2.92. The molecule has 0 unspecified atom stereocenters. The van der Waals surface area contributed by atoms with E-state index < -0.39 is 11.9 Å². The van der Waals surface area contributed by atoms with E-state index >= 15 is 0 Å². The van der Waals surface area contributed by atoms with Gasteiger partial charge in [-0.3, -0.25) is 9.59 Å². The quantitative estimate of drug-likeness (QED) is 0.798. The summed E-state index contributed by atoms with van der Waals surface area (Å²) in [5.41, 5.74) is -0.375. The van der Waals surface area contributed by atoms with Crippen LogP contribution in [-0.2, 0) is 9.59 Å². The number of carbonyl (C=O) groups excluding carboxylic acids is 1. The number of amides is 1. The maximum absolute atomic E-state index is 12.4. The fraction of sp³-hybridized carbons (Fsp3) is 0.846. The number of carbonyl (C=O) groups is 2. The maximum atomic E-state index is 12.4. The molecule has 0 bridgehead atoms. The fourth-order valence-electron chi connectivity index (χ4n) is 3.16. The monoisotopic (exact) mass is 239 g/mol. The highest BCUT2D eigenvalue weighted by Crippen LogP contribution is 2.59. The maximum Gasteiger partial charge on any atom is 0.307 e. The lowest BCUT2D eigenvalue weighted by Gasteiger charge is -2.34. The van der Waals surface area contributed by atoms with Gasteiger partial charge in [-0.15, -0.1) is 0 Å². The second kappa shape index (κ2) is 4.00. The number of aliphatic carboxylic acids is 1. The topological polar surface area (TPSA) is 57.6 Å². The molecule has 0 aromatic heterocycles. The number of piperidine rings is 1. The Morgan fingerprint density at radius 3 is 2.35 bits per heavy atom. The first kappa shape index (κ1) is 12.4. The van der Waals surface area contributed by atoms with Crippen molar-refractivity contribution in [3.05, 3.63) is 0 Å². The van der Waals surface area contributed by atoms with Crippen molar-refractivity contribution >= 4 is 11.9 Å². The molecule has 1 aliphatic heterocycles. The number of carboxylic acid groups (broad SMARTS) is 1. The summed E-state index contributed by atoms with van der Waals surface area (Å²) in [6.45, 7) is 6.60. The third-order valence-corrected chi connectivity index (χ3v) is 4.45. The van der Waals surface area contributed by atoms with E-state index in [1.165, 1.54) is 6.42 Å². The minimum absolute atomic E-state index is 0.0506. The lowest BCUT2D eigenvalue weighted by molar-refractivity contribution is -0.143. The summed E-state index contributed by atoms with van der Waals surface area (Å²) in [7, 11) is 0. The minimum atomic E-state index is -0.835. The van der Waals surface area contributed by atoms with Crippen LogP contribution in [0.5, 0.6) is 0 Å². The van der Waals surface area contributed by atoms with Crippen molar-refractivity contribution in [2.45, 2.75) is 46.1 Å². The standard InChI is InChI=1S/C13H21NO3/c1-8-6-4-5-7-14(8)11(15)9-10(12(16)17)13(9,2)3/h8-10H,4-7H2,1-3H3,(H,16,17)/t8-,9-,10-/m0/s1. The summed E-state index contributed by atoms with van der Waals surface area (Å²) >= 11 is 0. The lowest BCUT2D eigenvalue weighted by atomic mass is 10.0. The zero-order valence-electron chi connectivity index (χ0n) is 10.8. The van der Waals surface area contributed by atoms with Gasteiger partial charge in [0.2, 0.25) is 5.91 Å². The molecule has 96 valence electrons. The van der Waals surface area contributed by atoms with Crippen LogP contribution in [0.3, 0.4) is 0 Å². The van der Waals surface area contributed by atoms with Crippen molar-refractivity contribution in [2.24, 2.45) is 17.3 Å². The molecule has 1 amide bonds. The number of rotatable bonds is 2. The van der Waals surface area contributed by atoms with E-state index in [0.29, 0.717) is 0 Å². The van der Waals surface area contributed by atoms with Crippen molar-refractivity contribution in [1.29, 1.82) is 0 Å². The molecule has 1 heterocycles. The molecule has 4 nitrogen and oxygen atoms in total. The predicted molar refractivity (Wildman–Crippen MR) is 63.4 cm³/mol. The smallest absolute Gasteiger partial charge is 0.307 e. The fourth-order valence-corrected chi connectivity index (χ4v) is 3.16. The Morgan fingerprint density at radius 2 is 1.88 bits per heavy atom. The van der Waals surface area contributed by atoms with Gasteiger partial charge in [-0.05, 0) is 31.6 Å². The molecule has 2 fully saturated rings. The normalized spacial score (nSPS) is 35.5. The van der Waals surface area contributed by atoms with E-state index in [0.717, 1.165) is 19.4 Å². The van der Waals surface area contributed by atoms with Gasteiger partial charge in [-0.1, -0.05) is 13.8 Å². The number of likely N-dealkylation sites (tertiary alicyclic amines) is 1. The van der Waals surface area contributed by atoms with Gasteiger partial charge < -0.3 is 10.0 Å². The molecule has 0 aromatic carbocycles. The third kappa shape index (κ3) is 1.94. The molecule has 1 saturated carbocycles. The number of nitrogens with zero attached hydrogens (tertiary/aromatic N) is 1. The second-order valence-corrected chi connectivity index (χ2v) is 5.99. The lowest BCUT2D eigenvalue weighted by Crippen LogP contribution is -2.43. The van der Waals surface area contributed by atoms with Crippen LogP contribution in [0.1, 0.15) is 40.0 Å². The van der Waals surface area contributed by atoms with Crippen molar-refractivity contribution in [3.63, 3.8) is 0 Å². The molecule has 3 atom stereocenters. The third-order valence-electron chi connectivity index (χ3n) is 4.45. The zero-order chi connectivity index (χ0) is 12.8. The molecule has 1 saturated heterocycles. The Bertz CT molecular complexity index is 351. The van der Waals surface area contributed by atoms with Crippen LogP contribution in [0.4, 0.5) is 0 Å². The van der Waals surface area contributed by atoms with Crippen LogP contribution in [0, 0.1) is 17.3 Å². The summed E-state index contributed by atoms with van der Waals surface area (Å²) in [5.74, 6) is -1.60. The van der Waals surface area contributed by atoms with Crippen molar-refractivity contribution < 1.29 is 14.7 Å². The van der Waals surface area contributed by atoms with Crippen LogP contribution in [0.25, 0.3) is 0 Å². The molecule has 4 heteroatoms. The van der Waals surface area contributed by atoms with Crippen LogP contribution in [0.2, 0.25) is 0 Å². The molecular weight excluding hydrogens is 218 g/mol. The molecular formula is C13H21NO3. The summed E-state index contributed by atoms with van der Waals surface area (Å²) in [6, 6.07) is 0.266. The predicted octanol–water partition coefficient (Wildman–Crippen LogP) is 1.74. The SMILES string of the molecule is C[C@H]1CCCCN1C(=O)[C@@H]1[C@@H](C(=O)O)C1(C)C. The highest BCUT2D eigenvalue weighted by Gasteiger charge is 2.66. The summed E-state index contributed by atoms with van der Waals surface area (Å²) in [5, 5.41) is 9.10. The van der Waals surface area contributed by atoms with Crippen LogP contribution in [-0.4, -0.2) is 34.5 Å². The molecule has 0 spiro atoms. The minimum Gasteiger partial charge on any atom is -0.481 e. The first-order valence-electron chi connectivity index (χ1n) is 6.40. The molecule has 17 heavy (non-hydrogen) atoms. The van der Waals surface area contributed by atoms with Crippen LogP contribution < -0.4 is 0 Å². The average Bonchev–Trinajstić information content (AvgIpc) is 2.81. The Labute approximate surface area is 102 Å². The van der Waals surface area contributed by atoms with Gasteiger partial charge in [0.25, 0.3) is 0 Å². The van der Waals surface area contributed by atoms with Crippen molar-refractivity contribution in [1.82, 2.24) is 4.90 Å². The van der Waals surface area contributed by atoms with E-state index in [-0.39, 0.29) is 23.3 Å². The van der Waals surface area contributed by atoms with E-state index in [1.807, 2.05) is 18.7 Å². The largest absolute Gasteiger partial charge is 0.481 e. The summed E-state index contributed by atoms with van der Waals surface area (Å²) < 4.78 is 0. The molecule has 0 aromatic rings.